The van der Waals surface area contributed by atoms with Gasteiger partial charge < -0.3 is 14.8 Å². The van der Waals surface area contributed by atoms with E-state index < -0.39 is 42.3 Å². The fourth-order valence-corrected chi connectivity index (χ4v) is 4.43. The summed E-state index contributed by atoms with van der Waals surface area (Å²) in [6, 6.07) is 5.22. The van der Waals surface area contributed by atoms with Crippen LogP contribution in [0.3, 0.4) is 0 Å². The zero-order valence-corrected chi connectivity index (χ0v) is 21.1. The molecule has 2 aromatic rings. The topological polar surface area (TPSA) is 102 Å². The van der Waals surface area contributed by atoms with E-state index in [1.54, 1.807) is 38.1 Å². The van der Waals surface area contributed by atoms with Gasteiger partial charge in [-0.15, -0.1) is 0 Å². The molecule has 0 saturated heterocycles. The number of esters is 1. The number of halogens is 4. The van der Waals surface area contributed by atoms with Gasteiger partial charge in [0, 0.05) is 11.8 Å². The van der Waals surface area contributed by atoms with Crippen molar-refractivity contribution in [1.29, 1.82) is 0 Å². The van der Waals surface area contributed by atoms with Gasteiger partial charge in [0.25, 0.3) is 17.7 Å². The number of hydrogen-bond acceptors (Lipinski definition) is 6. The van der Waals surface area contributed by atoms with E-state index in [1.807, 2.05) is 0 Å². The smallest absolute Gasteiger partial charge is 0.330 e. The number of amides is 3. The van der Waals surface area contributed by atoms with Crippen LogP contribution in [-0.4, -0.2) is 48.3 Å². The molecule has 12 heteroatoms. The Morgan fingerprint density at radius 3 is 2.03 bits per heavy atom. The standard InChI is InChI=1S/C22H18Cl4N2O6/c1-9(2)19(22(32)34-8-12(29)27-10-5-4-6-11(7-10)33-3)28-20(30)13-14(21(28)31)16(24)18(26)17(25)15(13)23/h4-7,9,19H,8H2,1-3H3,(H,27,29)/t19-/m0/s1. The van der Waals surface area contributed by atoms with Crippen LogP contribution in [0.4, 0.5) is 5.69 Å². The van der Waals surface area contributed by atoms with Gasteiger partial charge in [-0.05, 0) is 18.1 Å². The van der Waals surface area contributed by atoms with E-state index in [4.69, 9.17) is 55.9 Å². The van der Waals surface area contributed by atoms with Crippen LogP contribution in [0.1, 0.15) is 34.6 Å². The monoisotopic (exact) mass is 546 g/mol. The maximum absolute atomic E-state index is 13.1. The number of nitrogens with one attached hydrogen (secondary N) is 1. The van der Waals surface area contributed by atoms with Crippen LogP contribution in [0.2, 0.25) is 20.1 Å². The fraction of sp³-hybridized carbons (Fsp3) is 0.273. The van der Waals surface area contributed by atoms with Crippen molar-refractivity contribution in [3.8, 4) is 5.75 Å². The zero-order valence-electron chi connectivity index (χ0n) is 18.1. The second-order valence-electron chi connectivity index (χ2n) is 7.56. The first-order valence-corrected chi connectivity index (χ1v) is 11.3. The Morgan fingerprint density at radius 1 is 0.971 bits per heavy atom. The number of anilines is 1. The van der Waals surface area contributed by atoms with E-state index in [0.29, 0.717) is 16.3 Å². The predicted octanol–water partition coefficient (Wildman–Crippen LogP) is 5.11. The summed E-state index contributed by atoms with van der Waals surface area (Å²) >= 11 is 24.4. The van der Waals surface area contributed by atoms with Gasteiger partial charge in [-0.25, -0.2) is 4.79 Å². The quantitative estimate of drug-likeness (QED) is 0.223. The van der Waals surface area contributed by atoms with Crippen LogP contribution in [-0.2, 0) is 14.3 Å². The van der Waals surface area contributed by atoms with Crippen molar-refractivity contribution in [2.75, 3.05) is 19.0 Å². The van der Waals surface area contributed by atoms with E-state index in [-0.39, 0.29) is 31.2 Å². The third kappa shape index (κ3) is 4.81. The molecule has 0 bridgehead atoms. The van der Waals surface area contributed by atoms with Gasteiger partial charge in [-0.2, -0.15) is 0 Å². The summed E-state index contributed by atoms with van der Waals surface area (Å²) in [5.41, 5.74) is -0.0697. The minimum absolute atomic E-state index is 0.187. The molecule has 3 amide bonds. The number of imide groups is 1. The molecule has 0 spiro atoms. The lowest BCUT2D eigenvalue weighted by molar-refractivity contribution is -0.152. The molecule has 3 rings (SSSR count). The van der Waals surface area contributed by atoms with Crippen molar-refractivity contribution < 1.29 is 28.7 Å². The van der Waals surface area contributed by atoms with Gasteiger partial charge in [0.1, 0.15) is 11.8 Å². The van der Waals surface area contributed by atoms with E-state index >= 15 is 0 Å². The molecule has 0 fully saturated rings. The average Bonchev–Trinajstić information content (AvgIpc) is 3.05. The highest BCUT2D eigenvalue weighted by molar-refractivity contribution is 6.55. The minimum Gasteiger partial charge on any atom is -0.497 e. The summed E-state index contributed by atoms with van der Waals surface area (Å²) in [7, 11) is 1.48. The Hall–Kier alpha value is -2.52. The van der Waals surface area contributed by atoms with Crippen molar-refractivity contribution in [3.63, 3.8) is 0 Å². The number of carbonyl (C=O) groups excluding carboxylic acids is 4. The third-order valence-electron chi connectivity index (χ3n) is 4.98. The molecular formula is C22H18Cl4N2O6. The van der Waals surface area contributed by atoms with Crippen molar-refractivity contribution in [2.24, 2.45) is 5.92 Å². The molecule has 1 aliphatic rings. The minimum atomic E-state index is -1.36. The highest BCUT2D eigenvalue weighted by atomic mass is 35.5. The highest BCUT2D eigenvalue weighted by Gasteiger charge is 2.48. The molecule has 0 radical (unpaired) electrons. The Balaban J connectivity index is 1.79. The normalized spacial score (nSPS) is 13.7. The van der Waals surface area contributed by atoms with Crippen LogP contribution in [0, 0.1) is 5.92 Å². The van der Waals surface area contributed by atoms with Crippen LogP contribution in [0.15, 0.2) is 24.3 Å². The first kappa shape index (κ1) is 26.1. The second-order valence-corrected chi connectivity index (χ2v) is 9.07. The SMILES string of the molecule is COc1cccc(NC(=O)COC(=O)[C@H](C(C)C)N2C(=O)c3c(Cl)c(Cl)c(Cl)c(Cl)c3C2=O)c1. The van der Waals surface area contributed by atoms with Crippen molar-refractivity contribution in [2.45, 2.75) is 19.9 Å². The van der Waals surface area contributed by atoms with Gasteiger partial charge >= 0.3 is 5.97 Å². The van der Waals surface area contributed by atoms with Crippen molar-refractivity contribution >= 4 is 75.8 Å². The number of fused-ring (bicyclic) bond motifs is 1. The van der Waals surface area contributed by atoms with Gasteiger partial charge in [0.05, 0.1) is 38.3 Å². The lowest BCUT2D eigenvalue weighted by atomic mass is 10.0. The maximum Gasteiger partial charge on any atom is 0.330 e. The molecule has 2 aromatic carbocycles. The first-order valence-electron chi connectivity index (χ1n) is 9.83. The molecule has 0 unspecified atom stereocenters. The summed E-state index contributed by atoms with van der Waals surface area (Å²) < 4.78 is 10.2. The number of benzene rings is 2. The molecule has 1 aliphatic heterocycles. The molecule has 0 aromatic heterocycles. The molecule has 8 nitrogen and oxygen atoms in total. The lowest BCUT2D eigenvalue weighted by Crippen LogP contribution is -2.49. The largest absolute Gasteiger partial charge is 0.497 e. The van der Waals surface area contributed by atoms with E-state index in [1.165, 1.54) is 7.11 Å². The Labute approximate surface area is 215 Å². The van der Waals surface area contributed by atoms with Crippen molar-refractivity contribution in [3.05, 3.63) is 55.5 Å². The van der Waals surface area contributed by atoms with E-state index in [9.17, 15) is 19.2 Å². The second kappa shape index (κ2) is 10.4. The van der Waals surface area contributed by atoms with Gasteiger partial charge in [-0.3, -0.25) is 19.3 Å². The lowest BCUT2D eigenvalue weighted by Gasteiger charge is -2.27. The molecule has 180 valence electrons. The van der Waals surface area contributed by atoms with Crippen molar-refractivity contribution in [1.82, 2.24) is 4.90 Å². The summed E-state index contributed by atoms with van der Waals surface area (Å²) in [6.07, 6.45) is 0. The number of methoxy groups -OCH3 is 1. The first-order chi connectivity index (χ1) is 16.0. The van der Waals surface area contributed by atoms with Crippen LogP contribution in [0.25, 0.3) is 0 Å². The van der Waals surface area contributed by atoms with E-state index in [2.05, 4.69) is 5.32 Å². The molecule has 1 heterocycles. The predicted molar refractivity (Wildman–Crippen MR) is 128 cm³/mol. The summed E-state index contributed by atoms with van der Waals surface area (Å²) in [4.78, 5) is 52.0. The third-order valence-corrected chi connectivity index (χ3v) is 6.78. The number of carbonyl (C=O) groups is 4. The molecular weight excluding hydrogens is 530 g/mol. The summed E-state index contributed by atoms with van der Waals surface area (Å²) in [5.74, 6) is -3.38. The molecule has 1 N–H and O–H groups in total. The number of ether oxygens (including phenoxy) is 2. The highest BCUT2D eigenvalue weighted by Crippen LogP contribution is 2.45. The van der Waals surface area contributed by atoms with Gasteiger partial charge in [0.15, 0.2) is 6.61 Å². The van der Waals surface area contributed by atoms with Crippen LogP contribution in [0.5, 0.6) is 5.75 Å². The number of hydrogen-bond donors (Lipinski definition) is 1. The molecule has 34 heavy (non-hydrogen) atoms. The number of rotatable bonds is 7. The number of nitrogens with zero attached hydrogens (tertiary/aromatic N) is 1. The van der Waals surface area contributed by atoms with Gasteiger partial charge in [0.2, 0.25) is 0 Å². The zero-order chi connectivity index (χ0) is 25.3. The van der Waals surface area contributed by atoms with Crippen LogP contribution < -0.4 is 10.1 Å². The van der Waals surface area contributed by atoms with Gasteiger partial charge in [-0.1, -0.05) is 66.3 Å². The van der Waals surface area contributed by atoms with Crippen LogP contribution >= 0.6 is 46.4 Å². The Kier molecular flexibility index (Phi) is 7.98. The maximum atomic E-state index is 13.1. The van der Waals surface area contributed by atoms with E-state index in [0.717, 1.165) is 0 Å². The fourth-order valence-electron chi connectivity index (χ4n) is 3.41. The Bertz CT molecular complexity index is 1150. The average molecular weight is 548 g/mol. The molecule has 0 saturated carbocycles. The summed E-state index contributed by atoms with van der Waals surface area (Å²) in [6.45, 7) is 2.56. The Morgan fingerprint density at radius 2 is 1.53 bits per heavy atom. The molecule has 1 atom stereocenters. The summed E-state index contributed by atoms with van der Waals surface area (Å²) in [5, 5.41) is 1.69. The molecule has 0 aliphatic carbocycles.